The molecule has 1 aromatic rings. The van der Waals surface area contributed by atoms with E-state index in [0.29, 0.717) is 18.2 Å². The van der Waals surface area contributed by atoms with Gasteiger partial charge in [0.15, 0.2) is 5.96 Å². The lowest BCUT2D eigenvalue weighted by Gasteiger charge is -2.23. The highest BCUT2D eigenvalue weighted by molar-refractivity contribution is 7.92. The Morgan fingerprint density at radius 3 is 2.41 bits per heavy atom. The average molecular weight is 326 g/mol. The van der Waals surface area contributed by atoms with E-state index in [1.807, 2.05) is 19.1 Å². The van der Waals surface area contributed by atoms with Crippen LogP contribution in [0.2, 0.25) is 0 Å². The van der Waals surface area contributed by atoms with Crippen molar-refractivity contribution in [2.45, 2.75) is 39.8 Å². The molecule has 124 valence electrons. The van der Waals surface area contributed by atoms with Gasteiger partial charge in [0.2, 0.25) is 10.0 Å². The molecule has 0 aliphatic carbocycles. The van der Waals surface area contributed by atoms with Crippen molar-refractivity contribution in [1.29, 1.82) is 0 Å². The number of benzene rings is 1. The zero-order chi connectivity index (χ0) is 16.8. The van der Waals surface area contributed by atoms with Crippen LogP contribution in [0.3, 0.4) is 0 Å². The molecule has 0 saturated carbocycles. The lowest BCUT2D eigenvalue weighted by molar-refractivity contribution is 0.501. The van der Waals surface area contributed by atoms with Gasteiger partial charge < -0.3 is 10.6 Å². The molecule has 0 saturated heterocycles. The minimum absolute atomic E-state index is 0.106. The highest BCUT2D eigenvalue weighted by atomic mass is 32.2. The van der Waals surface area contributed by atoms with Crippen LogP contribution in [0.5, 0.6) is 0 Å². The lowest BCUT2D eigenvalue weighted by atomic mass is 10.1. The monoisotopic (exact) mass is 326 g/mol. The molecule has 7 heteroatoms. The lowest BCUT2D eigenvalue weighted by Crippen LogP contribution is -2.47. The molecule has 0 aromatic heterocycles. The first kappa shape index (κ1) is 18.3. The molecule has 0 spiro atoms. The molecule has 3 N–H and O–H groups in total. The summed E-state index contributed by atoms with van der Waals surface area (Å²) in [6.07, 6.45) is 1.14. The van der Waals surface area contributed by atoms with E-state index in [-0.39, 0.29) is 5.54 Å². The quantitative estimate of drug-likeness (QED) is 0.570. The first-order chi connectivity index (χ1) is 10.1. The van der Waals surface area contributed by atoms with Crippen LogP contribution in [0, 0.1) is 0 Å². The SMILES string of the molecule is CCNC(=NCc1ccccc1NS(C)(=O)=O)NC(C)(C)C. The third kappa shape index (κ3) is 7.31. The van der Waals surface area contributed by atoms with Crippen LogP contribution >= 0.6 is 0 Å². The Hall–Kier alpha value is -1.76. The number of anilines is 1. The van der Waals surface area contributed by atoms with Crippen molar-refractivity contribution < 1.29 is 8.42 Å². The number of nitrogens with zero attached hydrogens (tertiary/aromatic N) is 1. The van der Waals surface area contributed by atoms with Gasteiger partial charge in [-0.3, -0.25) is 4.72 Å². The van der Waals surface area contributed by atoms with E-state index in [9.17, 15) is 8.42 Å². The van der Waals surface area contributed by atoms with E-state index < -0.39 is 10.0 Å². The molecule has 0 heterocycles. The van der Waals surface area contributed by atoms with E-state index in [1.54, 1.807) is 12.1 Å². The van der Waals surface area contributed by atoms with Crippen LogP contribution in [-0.2, 0) is 16.6 Å². The summed E-state index contributed by atoms with van der Waals surface area (Å²) in [5.74, 6) is 0.698. The fraction of sp³-hybridized carbons (Fsp3) is 0.533. The van der Waals surface area contributed by atoms with Gasteiger partial charge in [0.1, 0.15) is 0 Å². The standard InChI is InChI=1S/C15H26N4O2S/c1-6-16-14(18-15(2,3)4)17-11-12-9-7-8-10-13(12)19-22(5,20)21/h7-10,19H,6,11H2,1-5H3,(H2,16,17,18). The maximum Gasteiger partial charge on any atom is 0.229 e. The van der Waals surface area contributed by atoms with Crippen LogP contribution in [0.15, 0.2) is 29.3 Å². The summed E-state index contributed by atoms with van der Waals surface area (Å²) in [6.45, 7) is 9.30. The normalized spacial score (nSPS) is 12.9. The van der Waals surface area contributed by atoms with Gasteiger partial charge in [0, 0.05) is 12.1 Å². The Labute approximate surface area is 133 Å². The molecule has 1 rings (SSSR count). The van der Waals surface area contributed by atoms with E-state index in [4.69, 9.17) is 0 Å². The molecular formula is C15H26N4O2S. The highest BCUT2D eigenvalue weighted by Gasteiger charge is 2.12. The summed E-state index contributed by atoms with van der Waals surface area (Å²) in [4.78, 5) is 4.52. The van der Waals surface area contributed by atoms with Crippen molar-refractivity contribution in [2.75, 3.05) is 17.5 Å². The summed E-state index contributed by atoms with van der Waals surface area (Å²) in [5.41, 5.74) is 1.27. The molecule has 0 aliphatic heterocycles. The van der Waals surface area contributed by atoms with Gasteiger partial charge >= 0.3 is 0 Å². The van der Waals surface area contributed by atoms with Gasteiger partial charge in [-0.15, -0.1) is 0 Å². The summed E-state index contributed by atoms with van der Waals surface area (Å²) in [5, 5.41) is 6.47. The largest absolute Gasteiger partial charge is 0.357 e. The van der Waals surface area contributed by atoms with Crippen LogP contribution in [-0.4, -0.2) is 32.7 Å². The molecule has 0 amide bonds. The number of nitrogens with one attached hydrogen (secondary N) is 3. The smallest absolute Gasteiger partial charge is 0.229 e. The second-order valence-electron chi connectivity index (χ2n) is 6.10. The number of hydrogen-bond acceptors (Lipinski definition) is 3. The Morgan fingerprint density at radius 1 is 1.23 bits per heavy atom. The summed E-state index contributed by atoms with van der Waals surface area (Å²) < 4.78 is 25.3. The van der Waals surface area contributed by atoms with Gasteiger partial charge in [-0.05, 0) is 39.3 Å². The van der Waals surface area contributed by atoms with Gasteiger partial charge in [-0.1, -0.05) is 18.2 Å². The first-order valence-corrected chi connectivity index (χ1v) is 9.12. The van der Waals surface area contributed by atoms with Crippen molar-refractivity contribution in [1.82, 2.24) is 10.6 Å². The topological polar surface area (TPSA) is 82.6 Å². The number of guanidine groups is 1. The zero-order valence-electron chi connectivity index (χ0n) is 13.9. The van der Waals surface area contributed by atoms with Crippen molar-refractivity contribution >= 4 is 21.7 Å². The van der Waals surface area contributed by atoms with Gasteiger partial charge in [-0.25, -0.2) is 13.4 Å². The van der Waals surface area contributed by atoms with Crippen molar-refractivity contribution in [3.05, 3.63) is 29.8 Å². The van der Waals surface area contributed by atoms with E-state index >= 15 is 0 Å². The average Bonchev–Trinajstić information content (AvgIpc) is 2.34. The maximum absolute atomic E-state index is 11.4. The predicted molar refractivity (Wildman–Crippen MR) is 92.6 cm³/mol. The second-order valence-corrected chi connectivity index (χ2v) is 7.85. The molecular weight excluding hydrogens is 300 g/mol. The van der Waals surface area contributed by atoms with Crippen LogP contribution in [0.4, 0.5) is 5.69 Å². The number of sulfonamides is 1. The number of hydrogen-bond donors (Lipinski definition) is 3. The first-order valence-electron chi connectivity index (χ1n) is 7.23. The Kier molecular flexibility index (Phi) is 6.22. The Balaban J connectivity index is 2.95. The molecule has 0 aliphatic rings. The molecule has 22 heavy (non-hydrogen) atoms. The number of para-hydroxylation sites is 1. The van der Waals surface area contributed by atoms with Crippen molar-refractivity contribution in [3.63, 3.8) is 0 Å². The fourth-order valence-electron chi connectivity index (χ4n) is 1.78. The van der Waals surface area contributed by atoms with Crippen molar-refractivity contribution in [2.24, 2.45) is 4.99 Å². The fourth-order valence-corrected chi connectivity index (χ4v) is 2.38. The molecule has 6 nitrogen and oxygen atoms in total. The summed E-state index contributed by atoms with van der Waals surface area (Å²) >= 11 is 0. The number of aliphatic imine (C=N–C) groups is 1. The van der Waals surface area contributed by atoms with Gasteiger partial charge in [-0.2, -0.15) is 0 Å². The predicted octanol–water partition coefficient (Wildman–Crippen LogP) is 1.91. The van der Waals surface area contributed by atoms with Crippen LogP contribution in [0.1, 0.15) is 33.3 Å². The molecule has 0 atom stereocenters. The molecule has 0 bridgehead atoms. The van der Waals surface area contributed by atoms with Crippen LogP contribution in [0.25, 0.3) is 0 Å². The minimum Gasteiger partial charge on any atom is -0.357 e. The van der Waals surface area contributed by atoms with Crippen LogP contribution < -0.4 is 15.4 Å². The van der Waals surface area contributed by atoms with E-state index in [1.165, 1.54) is 0 Å². The van der Waals surface area contributed by atoms with E-state index in [0.717, 1.165) is 18.4 Å². The highest BCUT2D eigenvalue weighted by Crippen LogP contribution is 2.17. The maximum atomic E-state index is 11.4. The molecule has 0 unspecified atom stereocenters. The zero-order valence-corrected chi connectivity index (χ0v) is 14.7. The Morgan fingerprint density at radius 2 is 1.86 bits per heavy atom. The minimum atomic E-state index is -3.31. The molecule has 1 aromatic carbocycles. The summed E-state index contributed by atoms with van der Waals surface area (Å²) in [7, 11) is -3.31. The van der Waals surface area contributed by atoms with Gasteiger partial charge in [0.25, 0.3) is 0 Å². The van der Waals surface area contributed by atoms with Crippen molar-refractivity contribution in [3.8, 4) is 0 Å². The van der Waals surface area contributed by atoms with E-state index in [2.05, 4.69) is 41.1 Å². The molecule has 0 radical (unpaired) electrons. The molecule has 0 fully saturated rings. The number of rotatable bonds is 5. The summed E-state index contributed by atoms with van der Waals surface area (Å²) in [6, 6.07) is 7.25. The third-order valence-electron chi connectivity index (χ3n) is 2.56. The van der Waals surface area contributed by atoms with Gasteiger partial charge in [0.05, 0.1) is 18.5 Å². The second kappa shape index (κ2) is 7.49. The third-order valence-corrected chi connectivity index (χ3v) is 3.15. The Bertz CT molecular complexity index is 619.